The van der Waals surface area contributed by atoms with Crippen molar-refractivity contribution >= 4 is 11.0 Å². The summed E-state index contributed by atoms with van der Waals surface area (Å²) in [5.74, 6) is 0. The second-order valence-corrected chi connectivity index (χ2v) is 6.66. The van der Waals surface area contributed by atoms with E-state index in [0.717, 1.165) is 6.07 Å². The van der Waals surface area contributed by atoms with Gasteiger partial charge in [-0.05, 0) is 45.9 Å². The van der Waals surface area contributed by atoms with Gasteiger partial charge in [-0.15, -0.1) is 0 Å². The zero-order valence-electron chi connectivity index (χ0n) is 13.8. The lowest BCUT2D eigenvalue weighted by molar-refractivity contribution is -0.136. The molecule has 0 fully saturated rings. The molecule has 3 heterocycles. The molecule has 3 aromatic heterocycles. The van der Waals surface area contributed by atoms with Crippen molar-refractivity contribution in [2.45, 2.75) is 39.4 Å². The second-order valence-electron chi connectivity index (χ2n) is 6.66. The Labute approximate surface area is 137 Å². The monoisotopic (exact) mass is 334 g/mol. The van der Waals surface area contributed by atoms with Crippen LogP contribution in [0.2, 0.25) is 0 Å². The summed E-state index contributed by atoms with van der Waals surface area (Å²) in [7, 11) is 0. The van der Waals surface area contributed by atoms with Gasteiger partial charge in [0.25, 0.3) is 0 Å². The molecule has 4 nitrogen and oxygen atoms in total. The van der Waals surface area contributed by atoms with E-state index >= 15 is 0 Å². The van der Waals surface area contributed by atoms with Crippen LogP contribution in [-0.4, -0.2) is 19.7 Å². The summed E-state index contributed by atoms with van der Waals surface area (Å²) in [6.07, 6.45) is -1.43. The zero-order valence-corrected chi connectivity index (χ0v) is 13.8. The van der Waals surface area contributed by atoms with Gasteiger partial charge in [0.05, 0.1) is 27.9 Å². The summed E-state index contributed by atoms with van der Waals surface area (Å²) in [4.78, 5) is 8.38. The van der Waals surface area contributed by atoms with Crippen molar-refractivity contribution in [3.8, 4) is 11.3 Å². The molecule has 0 bridgehead atoms. The van der Waals surface area contributed by atoms with Crippen LogP contribution >= 0.6 is 0 Å². The van der Waals surface area contributed by atoms with Crippen molar-refractivity contribution in [3.63, 3.8) is 0 Å². The van der Waals surface area contributed by atoms with Crippen molar-refractivity contribution < 1.29 is 13.2 Å². The van der Waals surface area contributed by atoms with E-state index in [4.69, 9.17) is 0 Å². The van der Waals surface area contributed by atoms with Crippen LogP contribution in [0.15, 0.2) is 30.6 Å². The minimum atomic E-state index is -4.49. The maximum Gasteiger partial charge on any atom is 0.417 e. The molecular weight excluding hydrogens is 317 g/mol. The van der Waals surface area contributed by atoms with Gasteiger partial charge in [0.2, 0.25) is 0 Å². The SMILES string of the molecule is Cc1nn(C(C)(C)C)c2nc(-c3ccncc3)cc(C(F)(F)F)c12. The quantitative estimate of drug-likeness (QED) is 0.654. The molecule has 0 aromatic carbocycles. The molecule has 24 heavy (non-hydrogen) atoms. The summed E-state index contributed by atoms with van der Waals surface area (Å²) >= 11 is 0. The van der Waals surface area contributed by atoms with E-state index in [2.05, 4.69) is 15.1 Å². The van der Waals surface area contributed by atoms with E-state index in [9.17, 15) is 13.2 Å². The predicted octanol–water partition coefficient (Wildman–Crippen LogP) is 4.58. The number of rotatable bonds is 1. The van der Waals surface area contributed by atoms with Gasteiger partial charge in [0, 0.05) is 18.0 Å². The van der Waals surface area contributed by atoms with Gasteiger partial charge < -0.3 is 0 Å². The van der Waals surface area contributed by atoms with Gasteiger partial charge in [-0.3, -0.25) is 4.98 Å². The maximum atomic E-state index is 13.6. The van der Waals surface area contributed by atoms with Crippen LogP contribution in [0.3, 0.4) is 0 Å². The summed E-state index contributed by atoms with van der Waals surface area (Å²) in [5, 5.41) is 4.36. The topological polar surface area (TPSA) is 43.6 Å². The number of alkyl halides is 3. The fourth-order valence-electron chi connectivity index (χ4n) is 2.65. The van der Waals surface area contributed by atoms with E-state index in [1.165, 1.54) is 12.4 Å². The Morgan fingerprint density at radius 3 is 2.21 bits per heavy atom. The highest BCUT2D eigenvalue weighted by Gasteiger charge is 2.36. The lowest BCUT2D eigenvalue weighted by atomic mass is 10.1. The standard InChI is InChI=1S/C17H17F3N4/c1-10-14-12(17(18,19)20)9-13(11-5-7-21-8-6-11)22-15(14)24(23-10)16(2,3)4/h5-9H,1-4H3. The third-order valence-corrected chi connectivity index (χ3v) is 3.73. The Balaban J connectivity index is 2.42. The molecule has 0 spiro atoms. The van der Waals surface area contributed by atoms with Gasteiger partial charge in [-0.1, -0.05) is 0 Å². The average Bonchev–Trinajstić information content (AvgIpc) is 2.84. The molecule has 0 radical (unpaired) electrons. The van der Waals surface area contributed by atoms with Crippen LogP contribution in [0, 0.1) is 6.92 Å². The Bertz CT molecular complexity index is 890. The number of aryl methyl sites for hydroxylation is 1. The van der Waals surface area contributed by atoms with Crippen LogP contribution < -0.4 is 0 Å². The van der Waals surface area contributed by atoms with Crippen LogP contribution in [0.4, 0.5) is 13.2 Å². The van der Waals surface area contributed by atoms with E-state index in [0.29, 0.717) is 11.3 Å². The lowest BCUT2D eigenvalue weighted by Crippen LogP contribution is -2.23. The van der Waals surface area contributed by atoms with Crippen molar-refractivity contribution in [2.24, 2.45) is 0 Å². The molecule has 0 aliphatic carbocycles. The van der Waals surface area contributed by atoms with Crippen molar-refractivity contribution in [1.82, 2.24) is 19.7 Å². The van der Waals surface area contributed by atoms with Gasteiger partial charge >= 0.3 is 6.18 Å². The molecule has 0 N–H and O–H groups in total. The molecule has 0 aliphatic heterocycles. The summed E-state index contributed by atoms with van der Waals surface area (Å²) < 4.78 is 42.4. The molecule has 0 aliphatic rings. The predicted molar refractivity (Wildman–Crippen MR) is 85.5 cm³/mol. The van der Waals surface area contributed by atoms with E-state index in [1.54, 1.807) is 23.7 Å². The minimum Gasteiger partial charge on any atom is -0.265 e. The molecule has 0 atom stereocenters. The Kier molecular flexibility index (Phi) is 3.62. The van der Waals surface area contributed by atoms with E-state index in [-0.39, 0.29) is 16.7 Å². The van der Waals surface area contributed by atoms with Crippen LogP contribution in [0.25, 0.3) is 22.3 Å². The molecule has 0 unspecified atom stereocenters. The minimum absolute atomic E-state index is 0.0511. The number of nitrogens with zero attached hydrogens (tertiary/aromatic N) is 4. The fourth-order valence-corrected chi connectivity index (χ4v) is 2.65. The molecular formula is C17H17F3N4. The smallest absolute Gasteiger partial charge is 0.265 e. The third-order valence-electron chi connectivity index (χ3n) is 3.73. The second kappa shape index (κ2) is 5.29. The number of pyridine rings is 2. The maximum absolute atomic E-state index is 13.6. The Morgan fingerprint density at radius 1 is 1.04 bits per heavy atom. The highest BCUT2D eigenvalue weighted by molar-refractivity contribution is 5.86. The molecule has 0 saturated carbocycles. The van der Waals surface area contributed by atoms with Gasteiger partial charge in [0.15, 0.2) is 5.65 Å². The number of halogens is 3. The van der Waals surface area contributed by atoms with Crippen molar-refractivity contribution in [2.75, 3.05) is 0 Å². The van der Waals surface area contributed by atoms with Crippen LogP contribution in [-0.2, 0) is 11.7 Å². The number of hydrogen-bond acceptors (Lipinski definition) is 3. The summed E-state index contributed by atoms with van der Waals surface area (Å²) in [6, 6.07) is 4.36. The number of aromatic nitrogens is 4. The lowest BCUT2D eigenvalue weighted by Gasteiger charge is -2.20. The number of fused-ring (bicyclic) bond motifs is 1. The summed E-state index contributed by atoms with van der Waals surface area (Å²) in [5.41, 5.74) is 0.188. The number of hydrogen-bond donors (Lipinski definition) is 0. The molecule has 0 amide bonds. The highest BCUT2D eigenvalue weighted by atomic mass is 19.4. The first kappa shape index (κ1) is 16.4. The van der Waals surface area contributed by atoms with Crippen molar-refractivity contribution in [1.29, 1.82) is 0 Å². The first-order valence-electron chi connectivity index (χ1n) is 7.47. The first-order chi connectivity index (χ1) is 11.1. The molecule has 3 rings (SSSR count). The molecule has 3 aromatic rings. The van der Waals surface area contributed by atoms with E-state index in [1.807, 2.05) is 20.8 Å². The zero-order chi connectivity index (χ0) is 17.7. The Hall–Kier alpha value is -2.44. The first-order valence-corrected chi connectivity index (χ1v) is 7.47. The fraction of sp³-hybridized carbons (Fsp3) is 0.353. The molecule has 126 valence electrons. The highest BCUT2D eigenvalue weighted by Crippen LogP contribution is 2.38. The summed E-state index contributed by atoms with van der Waals surface area (Å²) in [6.45, 7) is 7.22. The Morgan fingerprint density at radius 2 is 1.67 bits per heavy atom. The van der Waals surface area contributed by atoms with Crippen LogP contribution in [0.5, 0.6) is 0 Å². The van der Waals surface area contributed by atoms with Gasteiger partial charge in [-0.2, -0.15) is 18.3 Å². The third kappa shape index (κ3) is 2.74. The average molecular weight is 334 g/mol. The normalized spacial score (nSPS) is 12.8. The van der Waals surface area contributed by atoms with Crippen LogP contribution in [0.1, 0.15) is 32.0 Å². The van der Waals surface area contributed by atoms with Gasteiger partial charge in [-0.25, -0.2) is 9.67 Å². The van der Waals surface area contributed by atoms with Gasteiger partial charge in [0.1, 0.15) is 0 Å². The molecule has 0 saturated heterocycles. The largest absolute Gasteiger partial charge is 0.417 e. The van der Waals surface area contributed by atoms with Crippen molar-refractivity contribution in [3.05, 3.63) is 41.9 Å². The molecule has 7 heteroatoms. The van der Waals surface area contributed by atoms with E-state index < -0.39 is 17.3 Å².